The first-order chi connectivity index (χ1) is 16.7. The highest BCUT2D eigenvalue weighted by Crippen LogP contribution is 1.81. The third-order valence-corrected chi connectivity index (χ3v) is 2.00. The van der Waals surface area contributed by atoms with Gasteiger partial charge in [0, 0.05) is 28.4 Å². The topological polar surface area (TPSA) is 52.6 Å². The molecule has 0 spiro atoms. The van der Waals surface area contributed by atoms with Crippen molar-refractivity contribution >= 4 is 11.6 Å². The van der Waals surface area contributed by atoms with Crippen molar-refractivity contribution in [2.24, 2.45) is 0 Å². The molecular formula is C31H50O4. The molecule has 0 saturated heterocycles. The Morgan fingerprint density at radius 3 is 0.457 bits per heavy atom. The zero-order chi connectivity index (χ0) is 28.0. The van der Waals surface area contributed by atoms with Crippen LogP contribution >= 0.6 is 0 Å². The number of methoxy groups -OCH3 is 2. The van der Waals surface area contributed by atoms with E-state index in [-0.39, 0.29) is 11.6 Å². The van der Waals surface area contributed by atoms with Crippen molar-refractivity contribution in [2.75, 3.05) is 28.4 Å². The Kier molecular flexibility index (Phi) is 58.2. The standard InChI is InChI=1S/3C6H6.2C3H6O.C3H8.2C2H6O/c3*1-2-4-6-5-3-1;2*1-3(2)4;3*1-3-2/h3*1-6H;2*1-2H3;3H2,1-2H3;2*1-2H3. The van der Waals surface area contributed by atoms with Crippen molar-refractivity contribution in [1.29, 1.82) is 0 Å². The van der Waals surface area contributed by atoms with Crippen LogP contribution in [0.2, 0.25) is 0 Å². The van der Waals surface area contributed by atoms with E-state index in [1.165, 1.54) is 34.1 Å². The maximum Gasteiger partial charge on any atom is 0.126 e. The van der Waals surface area contributed by atoms with Crippen molar-refractivity contribution in [3.05, 3.63) is 109 Å². The van der Waals surface area contributed by atoms with Gasteiger partial charge in [-0.1, -0.05) is 129 Å². The van der Waals surface area contributed by atoms with E-state index >= 15 is 0 Å². The molecule has 0 heterocycles. The van der Waals surface area contributed by atoms with Gasteiger partial charge in [0.2, 0.25) is 0 Å². The second-order valence-corrected chi connectivity index (χ2v) is 6.80. The zero-order valence-corrected chi connectivity index (χ0v) is 23.7. The van der Waals surface area contributed by atoms with E-state index in [2.05, 4.69) is 23.3 Å². The summed E-state index contributed by atoms with van der Waals surface area (Å²) in [5.74, 6) is 0.333. The molecule has 0 bridgehead atoms. The molecule has 35 heavy (non-hydrogen) atoms. The first-order valence-electron chi connectivity index (χ1n) is 11.5. The van der Waals surface area contributed by atoms with Crippen LogP contribution in [-0.4, -0.2) is 40.0 Å². The zero-order valence-electron chi connectivity index (χ0n) is 23.7. The van der Waals surface area contributed by atoms with Gasteiger partial charge < -0.3 is 19.1 Å². The molecule has 3 aromatic carbocycles. The number of carbonyl (C=O) groups is 2. The lowest BCUT2D eigenvalue weighted by Crippen LogP contribution is -1.69. The summed E-state index contributed by atoms with van der Waals surface area (Å²) in [7, 11) is 6.50. The lowest BCUT2D eigenvalue weighted by atomic mass is 10.4. The molecule has 4 nitrogen and oxygen atoms in total. The normalized spacial score (nSPS) is 7.14. The lowest BCUT2D eigenvalue weighted by Gasteiger charge is -1.69. The molecule has 0 N–H and O–H groups in total. The highest BCUT2D eigenvalue weighted by molar-refractivity contribution is 5.72. The average Bonchev–Trinajstić information content (AvgIpc) is 2.84. The highest BCUT2D eigenvalue weighted by atomic mass is 16.5. The molecule has 3 rings (SSSR count). The summed E-state index contributed by atoms with van der Waals surface area (Å²) in [4.78, 5) is 18.9. The fourth-order valence-electron chi connectivity index (χ4n) is 1.15. The quantitative estimate of drug-likeness (QED) is 0.321. The number of Topliss-reactive ketones (excluding diaryl/α,β-unsaturated/α-hetero) is 2. The molecule has 0 aliphatic heterocycles. The Balaban J connectivity index is -0.000000100. The van der Waals surface area contributed by atoms with Crippen molar-refractivity contribution in [2.45, 2.75) is 48.0 Å². The molecular weight excluding hydrogens is 436 g/mol. The van der Waals surface area contributed by atoms with Gasteiger partial charge in [0.1, 0.15) is 11.6 Å². The number of benzene rings is 3. The Morgan fingerprint density at radius 1 is 0.400 bits per heavy atom. The lowest BCUT2D eigenvalue weighted by molar-refractivity contribution is -0.115. The number of ether oxygens (including phenoxy) is 2. The molecule has 0 aromatic heterocycles. The van der Waals surface area contributed by atoms with Crippen LogP contribution in [0.4, 0.5) is 0 Å². The fourth-order valence-corrected chi connectivity index (χ4v) is 1.15. The monoisotopic (exact) mass is 486 g/mol. The molecule has 4 heteroatoms. The summed E-state index contributed by atoms with van der Waals surface area (Å²) in [6.45, 7) is 10.4. The summed E-state index contributed by atoms with van der Waals surface area (Å²) in [5, 5.41) is 0. The van der Waals surface area contributed by atoms with Crippen LogP contribution in [-0.2, 0) is 19.1 Å². The van der Waals surface area contributed by atoms with Gasteiger partial charge in [0.25, 0.3) is 0 Å². The summed E-state index contributed by atoms with van der Waals surface area (Å²) in [6, 6.07) is 36.0. The summed E-state index contributed by atoms with van der Waals surface area (Å²) >= 11 is 0. The number of hydrogen-bond donors (Lipinski definition) is 0. The van der Waals surface area contributed by atoms with Gasteiger partial charge in [-0.15, -0.1) is 0 Å². The number of rotatable bonds is 0. The molecule has 0 aliphatic rings. The second-order valence-electron chi connectivity index (χ2n) is 6.80. The van der Waals surface area contributed by atoms with E-state index in [0.717, 1.165) is 0 Å². The predicted octanol–water partition coefficient (Wildman–Crippen LogP) is 8.19. The third-order valence-electron chi connectivity index (χ3n) is 2.00. The number of hydrogen-bond acceptors (Lipinski definition) is 4. The van der Waals surface area contributed by atoms with Gasteiger partial charge in [-0.05, 0) is 27.7 Å². The SMILES string of the molecule is CC(C)=O.CC(C)=O.CCC.COC.COC.c1ccccc1.c1ccccc1.c1ccccc1. The third kappa shape index (κ3) is 116. The van der Waals surface area contributed by atoms with E-state index in [1.54, 1.807) is 28.4 Å². The Labute approximate surface area is 216 Å². The predicted molar refractivity (Wildman–Crippen MR) is 154 cm³/mol. The van der Waals surface area contributed by atoms with E-state index in [1.807, 2.05) is 109 Å². The molecule has 0 radical (unpaired) electrons. The van der Waals surface area contributed by atoms with E-state index in [0.29, 0.717) is 0 Å². The van der Waals surface area contributed by atoms with Crippen LogP contribution in [0.3, 0.4) is 0 Å². The molecule has 0 fully saturated rings. The largest absolute Gasteiger partial charge is 0.388 e. The molecule has 0 aliphatic carbocycles. The van der Waals surface area contributed by atoms with Crippen molar-refractivity contribution in [1.82, 2.24) is 0 Å². The second kappa shape index (κ2) is 48.4. The molecule has 3 aromatic rings. The van der Waals surface area contributed by atoms with Gasteiger partial charge in [-0.2, -0.15) is 0 Å². The minimum atomic E-state index is 0.167. The fraction of sp³-hybridized carbons (Fsp3) is 0.355. The van der Waals surface area contributed by atoms with Crippen LogP contribution in [0.5, 0.6) is 0 Å². The van der Waals surface area contributed by atoms with E-state index in [9.17, 15) is 9.59 Å². The molecule has 198 valence electrons. The van der Waals surface area contributed by atoms with Crippen molar-refractivity contribution < 1.29 is 19.1 Å². The van der Waals surface area contributed by atoms with Crippen molar-refractivity contribution in [3.8, 4) is 0 Å². The van der Waals surface area contributed by atoms with Gasteiger partial charge in [0.15, 0.2) is 0 Å². The van der Waals surface area contributed by atoms with Gasteiger partial charge >= 0.3 is 0 Å². The molecule has 0 atom stereocenters. The first kappa shape index (κ1) is 42.1. The summed E-state index contributed by atoms with van der Waals surface area (Å²) in [5.41, 5.74) is 0. The van der Waals surface area contributed by atoms with Gasteiger partial charge in [0.05, 0.1) is 0 Å². The maximum atomic E-state index is 9.44. The number of carbonyl (C=O) groups excluding carboxylic acids is 2. The van der Waals surface area contributed by atoms with E-state index in [4.69, 9.17) is 0 Å². The van der Waals surface area contributed by atoms with Crippen LogP contribution in [0.25, 0.3) is 0 Å². The van der Waals surface area contributed by atoms with Gasteiger partial charge in [-0.3, -0.25) is 0 Å². The molecule has 0 saturated carbocycles. The van der Waals surface area contributed by atoms with Crippen LogP contribution < -0.4 is 0 Å². The van der Waals surface area contributed by atoms with Crippen molar-refractivity contribution in [3.63, 3.8) is 0 Å². The molecule has 0 amide bonds. The minimum absolute atomic E-state index is 0.167. The van der Waals surface area contributed by atoms with Crippen LogP contribution in [0, 0.1) is 0 Å². The Morgan fingerprint density at radius 2 is 0.429 bits per heavy atom. The minimum Gasteiger partial charge on any atom is -0.388 e. The van der Waals surface area contributed by atoms with Gasteiger partial charge in [-0.25, -0.2) is 0 Å². The smallest absolute Gasteiger partial charge is 0.126 e. The highest BCUT2D eigenvalue weighted by Gasteiger charge is 1.63. The van der Waals surface area contributed by atoms with Crippen LogP contribution in [0.1, 0.15) is 48.0 Å². The first-order valence-corrected chi connectivity index (χ1v) is 11.5. The van der Waals surface area contributed by atoms with E-state index < -0.39 is 0 Å². The Bertz CT molecular complexity index is 492. The van der Waals surface area contributed by atoms with Crippen LogP contribution in [0.15, 0.2) is 109 Å². The summed E-state index contributed by atoms with van der Waals surface area (Å²) < 4.78 is 8.50. The maximum absolute atomic E-state index is 9.44. The Hall–Kier alpha value is -3.08. The average molecular weight is 487 g/mol. The number of ketones is 2. The summed E-state index contributed by atoms with van der Waals surface area (Å²) in [6.07, 6.45) is 1.25. The molecule has 0 unspecified atom stereocenters.